The molecular weight excluding hydrogens is 227 g/mol. The van der Waals surface area contributed by atoms with E-state index in [1.165, 1.54) is 12.8 Å². The van der Waals surface area contributed by atoms with Crippen LogP contribution in [0.25, 0.3) is 0 Å². The summed E-state index contributed by atoms with van der Waals surface area (Å²) in [6.45, 7) is 4.82. The van der Waals surface area contributed by atoms with Gasteiger partial charge in [-0.2, -0.15) is 0 Å². The number of anilines is 1. The predicted molar refractivity (Wildman–Crippen MR) is 74.4 cm³/mol. The molecule has 0 atom stereocenters. The van der Waals surface area contributed by atoms with Gasteiger partial charge in [0.2, 0.25) is 0 Å². The molecule has 0 aromatic heterocycles. The van der Waals surface area contributed by atoms with Gasteiger partial charge in [0.25, 0.3) is 0 Å². The Bertz CT molecular complexity index is 388. The molecule has 1 fully saturated rings. The summed E-state index contributed by atoms with van der Waals surface area (Å²) in [6, 6.07) is 5.60. The van der Waals surface area contributed by atoms with Gasteiger partial charge < -0.3 is 10.2 Å². The fourth-order valence-electron chi connectivity index (χ4n) is 2.31. The van der Waals surface area contributed by atoms with Gasteiger partial charge in [-0.25, -0.2) is 4.39 Å². The molecule has 1 aromatic carbocycles. The van der Waals surface area contributed by atoms with Gasteiger partial charge in [-0.15, -0.1) is 0 Å². The molecule has 1 aliphatic carbocycles. The maximum absolute atomic E-state index is 14.1. The Morgan fingerprint density at radius 1 is 1.39 bits per heavy atom. The van der Waals surface area contributed by atoms with Crippen LogP contribution in [0.15, 0.2) is 18.2 Å². The highest BCUT2D eigenvalue weighted by Gasteiger charge is 2.25. The summed E-state index contributed by atoms with van der Waals surface area (Å²) < 4.78 is 14.1. The molecule has 0 amide bonds. The van der Waals surface area contributed by atoms with Gasteiger partial charge in [0.05, 0.1) is 5.69 Å². The summed E-state index contributed by atoms with van der Waals surface area (Å²) >= 11 is 0. The molecule has 0 spiro atoms. The quantitative estimate of drug-likeness (QED) is 0.799. The van der Waals surface area contributed by atoms with Gasteiger partial charge in [0.15, 0.2) is 0 Å². The van der Waals surface area contributed by atoms with E-state index in [1.54, 1.807) is 6.07 Å². The van der Waals surface area contributed by atoms with Gasteiger partial charge in [-0.1, -0.05) is 13.0 Å². The van der Waals surface area contributed by atoms with Crippen LogP contribution in [-0.4, -0.2) is 20.1 Å². The van der Waals surface area contributed by atoms with Crippen LogP contribution in [0.1, 0.15) is 31.7 Å². The first-order valence-corrected chi connectivity index (χ1v) is 6.92. The summed E-state index contributed by atoms with van der Waals surface area (Å²) in [7, 11) is 1.88. The van der Waals surface area contributed by atoms with E-state index >= 15 is 0 Å². The van der Waals surface area contributed by atoms with E-state index in [0.29, 0.717) is 6.54 Å². The van der Waals surface area contributed by atoms with Crippen LogP contribution in [-0.2, 0) is 6.54 Å². The molecule has 0 aliphatic heterocycles. The highest BCUT2D eigenvalue weighted by molar-refractivity contribution is 5.49. The molecular formula is C15H23FN2. The number of benzene rings is 1. The Hall–Kier alpha value is -1.09. The van der Waals surface area contributed by atoms with Crippen molar-refractivity contribution in [3.8, 4) is 0 Å². The van der Waals surface area contributed by atoms with E-state index < -0.39 is 0 Å². The molecule has 0 radical (unpaired) electrons. The largest absolute Gasteiger partial charge is 0.369 e. The summed E-state index contributed by atoms with van der Waals surface area (Å²) in [6.07, 6.45) is 3.67. The molecule has 0 heterocycles. The Balaban J connectivity index is 2.12. The molecule has 1 aromatic rings. The second-order valence-corrected chi connectivity index (χ2v) is 5.21. The van der Waals surface area contributed by atoms with Crippen molar-refractivity contribution in [2.45, 2.75) is 32.7 Å². The topological polar surface area (TPSA) is 15.3 Å². The Morgan fingerprint density at radius 3 is 2.72 bits per heavy atom. The van der Waals surface area contributed by atoms with Crippen LogP contribution in [0.2, 0.25) is 0 Å². The number of halogens is 1. The Labute approximate surface area is 109 Å². The van der Waals surface area contributed by atoms with E-state index in [1.807, 2.05) is 19.2 Å². The normalized spacial score (nSPS) is 14.8. The van der Waals surface area contributed by atoms with Crippen LogP contribution < -0.4 is 10.2 Å². The second kappa shape index (κ2) is 6.19. The maximum Gasteiger partial charge on any atom is 0.146 e. The van der Waals surface area contributed by atoms with Gasteiger partial charge in [0.1, 0.15) is 5.82 Å². The minimum Gasteiger partial charge on any atom is -0.369 e. The van der Waals surface area contributed by atoms with Crippen LogP contribution in [0.5, 0.6) is 0 Å². The minimum absolute atomic E-state index is 0.0862. The monoisotopic (exact) mass is 250 g/mol. The smallest absolute Gasteiger partial charge is 0.146 e. The number of nitrogens with one attached hydrogen (secondary N) is 1. The van der Waals surface area contributed by atoms with Gasteiger partial charge >= 0.3 is 0 Å². The molecule has 0 saturated heterocycles. The average molecular weight is 250 g/mol. The fourth-order valence-corrected chi connectivity index (χ4v) is 2.31. The fraction of sp³-hybridized carbons (Fsp3) is 0.600. The summed E-state index contributed by atoms with van der Waals surface area (Å²) in [5.74, 6) is 0.699. The van der Waals surface area contributed by atoms with Crippen molar-refractivity contribution in [2.24, 2.45) is 5.92 Å². The third kappa shape index (κ3) is 3.45. The van der Waals surface area contributed by atoms with Crippen molar-refractivity contribution in [3.63, 3.8) is 0 Å². The molecule has 0 unspecified atom stereocenters. The SMILES string of the molecule is CCCN(CC1CC1)c1ccc(CNC)cc1F. The zero-order valence-corrected chi connectivity index (χ0v) is 11.4. The lowest BCUT2D eigenvalue weighted by molar-refractivity contribution is 0.605. The van der Waals surface area contributed by atoms with E-state index in [0.717, 1.165) is 36.7 Å². The molecule has 18 heavy (non-hydrogen) atoms. The first-order valence-electron chi connectivity index (χ1n) is 6.92. The van der Waals surface area contributed by atoms with Crippen molar-refractivity contribution >= 4 is 5.69 Å². The van der Waals surface area contributed by atoms with Gasteiger partial charge in [-0.05, 0) is 49.9 Å². The first kappa shape index (κ1) is 13.3. The molecule has 2 nitrogen and oxygen atoms in total. The zero-order valence-electron chi connectivity index (χ0n) is 11.4. The van der Waals surface area contributed by atoms with E-state index in [4.69, 9.17) is 0 Å². The van der Waals surface area contributed by atoms with Crippen LogP contribution in [0.4, 0.5) is 10.1 Å². The lowest BCUT2D eigenvalue weighted by atomic mass is 10.1. The number of hydrogen-bond acceptors (Lipinski definition) is 2. The number of nitrogens with zero attached hydrogens (tertiary/aromatic N) is 1. The molecule has 1 aliphatic rings. The first-order chi connectivity index (χ1) is 8.74. The molecule has 1 N–H and O–H groups in total. The average Bonchev–Trinajstić information content (AvgIpc) is 3.13. The van der Waals surface area contributed by atoms with Crippen molar-refractivity contribution in [1.29, 1.82) is 0 Å². The lowest BCUT2D eigenvalue weighted by Gasteiger charge is -2.25. The van der Waals surface area contributed by atoms with Crippen molar-refractivity contribution in [1.82, 2.24) is 5.32 Å². The second-order valence-electron chi connectivity index (χ2n) is 5.21. The van der Waals surface area contributed by atoms with Crippen molar-refractivity contribution in [2.75, 3.05) is 25.0 Å². The van der Waals surface area contributed by atoms with Gasteiger partial charge in [0, 0.05) is 19.6 Å². The van der Waals surface area contributed by atoms with E-state index in [9.17, 15) is 4.39 Å². The van der Waals surface area contributed by atoms with E-state index in [-0.39, 0.29) is 5.82 Å². The Kier molecular flexibility index (Phi) is 4.59. The van der Waals surface area contributed by atoms with Crippen molar-refractivity contribution in [3.05, 3.63) is 29.6 Å². The van der Waals surface area contributed by atoms with E-state index in [2.05, 4.69) is 17.1 Å². The summed E-state index contributed by atoms with van der Waals surface area (Å²) in [5, 5.41) is 3.05. The third-order valence-electron chi connectivity index (χ3n) is 3.40. The standard InChI is InChI=1S/C15H23FN2/c1-3-8-18(11-12-4-5-12)15-7-6-13(10-17-2)9-14(15)16/h6-7,9,12,17H,3-5,8,10-11H2,1-2H3. The summed E-state index contributed by atoms with van der Waals surface area (Å²) in [4.78, 5) is 2.20. The van der Waals surface area contributed by atoms with Gasteiger partial charge in [-0.3, -0.25) is 0 Å². The number of hydrogen-bond donors (Lipinski definition) is 1. The van der Waals surface area contributed by atoms with Crippen LogP contribution >= 0.6 is 0 Å². The van der Waals surface area contributed by atoms with Crippen LogP contribution in [0, 0.1) is 11.7 Å². The molecule has 2 rings (SSSR count). The predicted octanol–water partition coefficient (Wildman–Crippen LogP) is 3.17. The zero-order chi connectivity index (χ0) is 13.0. The van der Waals surface area contributed by atoms with Crippen molar-refractivity contribution < 1.29 is 4.39 Å². The molecule has 3 heteroatoms. The lowest BCUT2D eigenvalue weighted by Crippen LogP contribution is -2.27. The highest BCUT2D eigenvalue weighted by atomic mass is 19.1. The molecule has 1 saturated carbocycles. The molecule has 100 valence electrons. The maximum atomic E-state index is 14.1. The Morgan fingerprint density at radius 2 is 2.17 bits per heavy atom. The summed E-state index contributed by atoms with van der Waals surface area (Å²) in [5.41, 5.74) is 1.77. The highest BCUT2D eigenvalue weighted by Crippen LogP contribution is 2.32. The third-order valence-corrected chi connectivity index (χ3v) is 3.40. The van der Waals surface area contributed by atoms with Crippen LogP contribution in [0.3, 0.4) is 0 Å². The molecule has 0 bridgehead atoms. The minimum atomic E-state index is -0.0862. The number of rotatable bonds is 7.